The molecule has 4 aromatic heterocycles. The van der Waals surface area contributed by atoms with Gasteiger partial charge in [-0.05, 0) is 25.8 Å². The van der Waals surface area contributed by atoms with E-state index in [1.165, 1.54) is 33.7 Å². The molecule has 0 fully saturated rings. The van der Waals surface area contributed by atoms with Gasteiger partial charge in [-0.2, -0.15) is 9.50 Å². The van der Waals surface area contributed by atoms with Gasteiger partial charge in [-0.3, -0.25) is 19.3 Å². The summed E-state index contributed by atoms with van der Waals surface area (Å²) in [7, 11) is 0. The summed E-state index contributed by atoms with van der Waals surface area (Å²) in [6.07, 6.45) is 1.87. The van der Waals surface area contributed by atoms with Crippen LogP contribution in [0.25, 0.3) is 16.0 Å². The molecule has 29 heavy (non-hydrogen) atoms. The number of hydrogen-bond acceptors (Lipinski definition) is 8. The van der Waals surface area contributed by atoms with Crippen molar-refractivity contribution in [3.05, 3.63) is 42.9 Å². The second kappa shape index (κ2) is 7.64. The second-order valence-corrected chi connectivity index (χ2v) is 8.93. The highest BCUT2D eigenvalue weighted by molar-refractivity contribution is 7.98. The Balaban J connectivity index is 1.73. The minimum Gasteiger partial charge on any atom is -0.368 e. The van der Waals surface area contributed by atoms with Crippen molar-refractivity contribution in [2.45, 2.75) is 51.1 Å². The van der Waals surface area contributed by atoms with Crippen molar-refractivity contribution in [1.82, 2.24) is 29.1 Å². The number of thiophene rings is 1. The Morgan fingerprint density at radius 2 is 2.03 bits per heavy atom. The van der Waals surface area contributed by atoms with Gasteiger partial charge in [0.25, 0.3) is 16.9 Å². The normalized spacial score (nSPS) is 11.7. The van der Waals surface area contributed by atoms with Crippen LogP contribution in [0, 0.1) is 13.8 Å². The number of rotatable bonds is 6. The lowest BCUT2D eigenvalue weighted by molar-refractivity contribution is 0.558. The van der Waals surface area contributed by atoms with E-state index in [1.807, 2.05) is 13.8 Å². The highest BCUT2D eigenvalue weighted by Crippen LogP contribution is 2.29. The van der Waals surface area contributed by atoms with Gasteiger partial charge in [-0.1, -0.05) is 25.1 Å². The Morgan fingerprint density at radius 3 is 2.79 bits per heavy atom. The zero-order valence-electron chi connectivity index (χ0n) is 16.4. The molecule has 4 aromatic rings. The number of nitrogens with one attached hydrogen (secondary N) is 1. The molecule has 0 radical (unpaired) electrons. The van der Waals surface area contributed by atoms with Gasteiger partial charge in [0.05, 0.1) is 11.1 Å². The maximum atomic E-state index is 13.2. The van der Waals surface area contributed by atoms with E-state index in [4.69, 9.17) is 10.7 Å². The summed E-state index contributed by atoms with van der Waals surface area (Å²) in [6.45, 7) is 6.68. The lowest BCUT2D eigenvalue weighted by Gasteiger charge is -2.11. The van der Waals surface area contributed by atoms with Gasteiger partial charge < -0.3 is 5.73 Å². The number of nitrogens with zero attached hydrogens (tertiary/aromatic N) is 5. The summed E-state index contributed by atoms with van der Waals surface area (Å²) in [5, 5.41) is 3.99. The van der Waals surface area contributed by atoms with E-state index < -0.39 is 0 Å². The van der Waals surface area contributed by atoms with Crippen LogP contribution in [0.15, 0.2) is 20.8 Å². The standard InChI is InChI=1S/C18H21N7O2S2/c1-4-5-6-24-15(27)13-9(2)10(3)29-14(13)21-18(24)28-8-11-7-12(26)25-17(20-11)22-16(19)23-25/h7H,4-6,8H2,1-3H3,(H3,19,20,22,23). The van der Waals surface area contributed by atoms with Crippen LogP contribution in [0.3, 0.4) is 0 Å². The molecular formula is C18H21N7O2S2. The zero-order valence-corrected chi connectivity index (χ0v) is 18.0. The molecule has 0 aromatic carbocycles. The first-order valence-electron chi connectivity index (χ1n) is 9.26. The molecule has 0 aliphatic heterocycles. The van der Waals surface area contributed by atoms with Gasteiger partial charge >= 0.3 is 0 Å². The van der Waals surface area contributed by atoms with Crippen molar-refractivity contribution < 1.29 is 0 Å². The smallest absolute Gasteiger partial charge is 0.274 e. The summed E-state index contributed by atoms with van der Waals surface area (Å²) in [4.78, 5) is 40.4. The third-order valence-electron chi connectivity index (χ3n) is 4.74. The van der Waals surface area contributed by atoms with Crippen molar-refractivity contribution in [1.29, 1.82) is 0 Å². The zero-order chi connectivity index (χ0) is 20.7. The number of aromatic nitrogens is 6. The van der Waals surface area contributed by atoms with E-state index in [1.54, 1.807) is 4.57 Å². The first-order chi connectivity index (χ1) is 13.9. The first-order valence-corrected chi connectivity index (χ1v) is 11.1. The molecule has 0 amide bonds. The highest BCUT2D eigenvalue weighted by Gasteiger charge is 2.17. The van der Waals surface area contributed by atoms with Gasteiger partial charge in [0.1, 0.15) is 4.83 Å². The van der Waals surface area contributed by atoms with Gasteiger partial charge in [0.2, 0.25) is 5.95 Å². The maximum Gasteiger partial charge on any atom is 0.274 e. The average molecular weight is 432 g/mol. The fourth-order valence-electron chi connectivity index (χ4n) is 3.09. The Labute approximate surface area is 174 Å². The number of unbranched alkanes of at least 4 members (excludes halogenated alkanes) is 1. The number of fused-ring (bicyclic) bond motifs is 2. The monoisotopic (exact) mass is 431 g/mol. The quantitative estimate of drug-likeness (QED) is 0.355. The summed E-state index contributed by atoms with van der Waals surface area (Å²) in [5.41, 5.74) is 6.87. The number of nitrogen functional groups attached to an aromatic ring is 1. The highest BCUT2D eigenvalue weighted by atomic mass is 32.2. The van der Waals surface area contributed by atoms with Crippen LogP contribution < -0.4 is 16.9 Å². The molecule has 0 unspecified atom stereocenters. The van der Waals surface area contributed by atoms with Gasteiger partial charge in [-0.15, -0.1) is 11.3 Å². The summed E-state index contributed by atoms with van der Waals surface area (Å²) < 4.78 is 2.94. The lowest BCUT2D eigenvalue weighted by atomic mass is 10.2. The SMILES string of the molecule is CCCCn1c(SCc2cc(=O)n3[nH]c(N)nc3n2)nc2sc(C)c(C)c2c1=O. The van der Waals surface area contributed by atoms with Crippen LogP contribution in [0.4, 0.5) is 5.95 Å². The van der Waals surface area contributed by atoms with Crippen LogP contribution in [0.2, 0.25) is 0 Å². The Hall–Kier alpha value is -2.66. The molecule has 11 heteroatoms. The number of hydrogen-bond donors (Lipinski definition) is 2. The average Bonchev–Trinajstić information content (AvgIpc) is 3.19. The number of thioether (sulfide) groups is 1. The van der Waals surface area contributed by atoms with Crippen molar-refractivity contribution in [3.8, 4) is 0 Å². The molecule has 0 saturated heterocycles. The van der Waals surface area contributed by atoms with Crippen LogP contribution >= 0.6 is 23.1 Å². The van der Waals surface area contributed by atoms with E-state index in [9.17, 15) is 9.59 Å². The topological polar surface area (TPSA) is 124 Å². The summed E-state index contributed by atoms with van der Waals surface area (Å²) in [6, 6.07) is 1.43. The molecule has 0 saturated carbocycles. The van der Waals surface area contributed by atoms with E-state index in [0.717, 1.165) is 28.1 Å². The van der Waals surface area contributed by atoms with E-state index in [-0.39, 0.29) is 22.8 Å². The van der Waals surface area contributed by atoms with Crippen molar-refractivity contribution in [3.63, 3.8) is 0 Å². The molecule has 0 aliphatic carbocycles. The van der Waals surface area contributed by atoms with Gasteiger partial charge in [0, 0.05) is 23.2 Å². The molecule has 0 spiro atoms. The minimum atomic E-state index is -0.286. The molecule has 9 nitrogen and oxygen atoms in total. The van der Waals surface area contributed by atoms with Crippen molar-refractivity contribution in [2.24, 2.45) is 0 Å². The molecule has 0 aliphatic rings. The molecule has 3 N–H and O–H groups in total. The Morgan fingerprint density at radius 1 is 1.24 bits per heavy atom. The number of anilines is 1. The fourth-order valence-corrected chi connectivity index (χ4v) is 5.08. The maximum absolute atomic E-state index is 13.2. The molecule has 152 valence electrons. The lowest BCUT2D eigenvalue weighted by Crippen LogP contribution is -2.23. The van der Waals surface area contributed by atoms with E-state index in [2.05, 4.69) is 22.0 Å². The van der Waals surface area contributed by atoms with Gasteiger partial charge in [0.15, 0.2) is 5.16 Å². The second-order valence-electron chi connectivity index (χ2n) is 6.79. The van der Waals surface area contributed by atoms with E-state index >= 15 is 0 Å². The fraction of sp³-hybridized carbons (Fsp3) is 0.389. The van der Waals surface area contributed by atoms with Crippen LogP contribution in [-0.2, 0) is 12.3 Å². The van der Waals surface area contributed by atoms with Crippen LogP contribution in [-0.4, -0.2) is 29.1 Å². The third kappa shape index (κ3) is 3.55. The molecule has 0 atom stereocenters. The number of aryl methyl sites for hydroxylation is 2. The predicted octanol–water partition coefficient (Wildman–Crippen LogP) is 2.48. The largest absolute Gasteiger partial charge is 0.368 e. The minimum absolute atomic E-state index is 0.00337. The molecule has 0 bridgehead atoms. The number of H-pyrrole nitrogens is 1. The number of aromatic amines is 1. The van der Waals surface area contributed by atoms with Crippen LogP contribution in [0.5, 0.6) is 0 Å². The summed E-state index contributed by atoms with van der Waals surface area (Å²) >= 11 is 2.93. The third-order valence-corrected chi connectivity index (χ3v) is 6.85. The number of nitrogens with two attached hydrogens (primary N) is 1. The van der Waals surface area contributed by atoms with Crippen LogP contribution in [0.1, 0.15) is 35.9 Å². The Bertz CT molecular complexity index is 1330. The van der Waals surface area contributed by atoms with Crippen molar-refractivity contribution in [2.75, 3.05) is 5.73 Å². The first kappa shape index (κ1) is 19.6. The molecule has 4 heterocycles. The summed E-state index contributed by atoms with van der Waals surface area (Å²) in [5.74, 6) is 0.747. The Kier molecular flexibility index (Phi) is 5.17. The van der Waals surface area contributed by atoms with Crippen molar-refractivity contribution >= 4 is 45.0 Å². The predicted molar refractivity (Wildman–Crippen MR) is 116 cm³/mol. The van der Waals surface area contributed by atoms with E-state index in [0.29, 0.717) is 28.5 Å². The molecular weight excluding hydrogens is 410 g/mol. The van der Waals surface area contributed by atoms with Gasteiger partial charge in [-0.25, -0.2) is 9.97 Å². The molecule has 4 rings (SSSR count).